The van der Waals surface area contributed by atoms with Crippen molar-refractivity contribution in [2.75, 3.05) is 11.1 Å². The first kappa shape index (κ1) is 16.1. The van der Waals surface area contributed by atoms with Crippen LogP contribution in [-0.2, 0) is 4.79 Å². The maximum atomic E-state index is 12.1. The summed E-state index contributed by atoms with van der Waals surface area (Å²) in [6, 6.07) is 15.1. The summed E-state index contributed by atoms with van der Waals surface area (Å²) in [5.41, 5.74) is 1.79. The molecule has 0 fully saturated rings. The zero-order valence-corrected chi connectivity index (χ0v) is 13.8. The van der Waals surface area contributed by atoms with Gasteiger partial charge in [-0.2, -0.15) is 5.10 Å². The van der Waals surface area contributed by atoms with Crippen molar-refractivity contribution in [1.29, 1.82) is 0 Å². The minimum Gasteiger partial charge on any atom is -0.455 e. The lowest BCUT2D eigenvalue weighted by Crippen LogP contribution is -2.14. The third-order valence-electron chi connectivity index (χ3n) is 3.14. The van der Waals surface area contributed by atoms with Crippen LogP contribution in [0.5, 0.6) is 11.5 Å². The summed E-state index contributed by atoms with van der Waals surface area (Å²) in [7, 11) is 0. The Morgan fingerprint density at radius 3 is 2.75 bits per heavy atom. The Kier molecular flexibility index (Phi) is 5.12. The number of anilines is 1. The van der Waals surface area contributed by atoms with Crippen LogP contribution < -0.4 is 10.1 Å². The van der Waals surface area contributed by atoms with E-state index < -0.39 is 0 Å². The molecule has 0 spiro atoms. The van der Waals surface area contributed by atoms with Gasteiger partial charge in [0.1, 0.15) is 12.1 Å². The van der Waals surface area contributed by atoms with Gasteiger partial charge in [0.05, 0.1) is 11.4 Å². The number of hydrogen-bond acceptors (Lipinski definition) is 5. The number of amides is 1. The number of ether oxygens (including phenoxy) is 1. The number of aryl methyl sites for hydroxylation is 1. The molecule has 1 heterocycles. The molecule has 24 heavy (non-hydrogen) atoms. The lowest BCUT2D eigenvalue weighted by Gasteiger charge is -2.12. The fraction of sp³-hybridized carbons (Fsp3) is 0.118. The van der Waals surface area contributed by atoms with Gasteiger partial charge in [-0.25, -0.2) is 4.98 Å². The summed E-state index contributed by atoms with van der Waals surface area (Å²) in [5.74, 6) is 1.41. The van der Waals surface area contributed by atoms with Gasteiger partial charge >= 0.3 is 0 Å². The van der Waals surface area contributed by atoms with Crippen LogP contribution in [0.1, 0.15) is 5.56 Å². The quantitative estimate of drug-likeness (QED) is 0.670. The Morgan fingerprint density at radius 1 is 1.21 bits per heavy atom. The first-order chi connectivity index (χ1) is 11.7. The second kappa shape index (κ2) is 7.65. The number of hydrogen-bond donors (Lipinski definition) is 2. The molecule has 1 amide bonds. The molecule has 7 heteroatoms. The Morgan fingerprint density at radius 2 is 2.00 bits per heavy atom. The second-order valence-electron chi connectivity index (χ2n) is 5.04. The monoisotopic (exact) mass is 340 g/mol. The summed E-state index contributed by atoms with van der Waals surface area (Å²) in [5, 5.41) is 9.91. The van der Waals surface area contributed by atoms with E-state index in [1.807, 2.05) is 49.4 Å². The van der Waals surface area contributed by atoms with Crippen molar-refractivity contribution in [3.8, 4) is 11.5 Å². The number of carbonyl (C=O) groups is 1. The van der Waals surface area contributed by atoms with Gasteiger partial charge in [0.2, 0.25) is 5.91 Å². The molecule has 3 rings (SSSR count). The van der Waals surface area contributed by atoms with Crippen molar-refractivity contribution < 1.29 is 9.53 Å². The van der Waals surface area contributed by atoms with Crippen LogP contribution in [0.2, 0.25) is 0 Å². The fourth-order valence-electron chi connectivity index (χ4n) is 1.98. The molecule has 0 bridgehead atoms. The molecule has 1 aromatic heterocycles. The maximum absolute atomic E-state index is 12.1. The average Bonchev–Trinajstić information content (AvgIpc) is 3.10. The Hall–Kier alpha value is -2.80. The number of nitrogens with one attached hydrogen (secondary N) is 2. The minimum absolute atomic E-state index is 0.142. The van der Waals surface area contributed by atoms with Crippen LogP contribution in [0.15, 0.2) is 60.0 Å². The maximum Gasteiger partial charge on any atom is 0.234 e. The second-order valence-corrected chi connectivity index (χ2v) is 6.00. The van der Waals surface area contributed by atoms with Gasteiger partial charge in [-0.05, 0) is 31.2 Å². The number of H-pyrrole nitrogens is 1. The number of thioether (sulfide) groups is 1. The molecular formula is C17H16N4O2S. The summed E-state index contributed by atoms with van der Waals surface area (Å²) in [6.45, 7) is 2.02. The zero-order valence-electron chi connectivity index (χ0n) is 13.0. The SMILES string of the molecule is Cc1ccc(Oc2ccccc2NC(=O)CSc2ncn[nH]2)cc1. The first-order valence-corrected chi connectivity index (χ1v) is 8.31. The number of benzene rings is 2. The van der Waals surface area contributed by atoms with Gasteiger partial charge < -0.3 is 10.1 Å². The summed E-state index contributed by atoms with van der Waals surface area (Å²) < 4.78 is 5.87. The van der Waals surface area contributed by atoms with Crippen LogP contribution in [0.3, 0.4) is 0 Å². The first-order valence-electron chi connectivity index (χ1n) is 7.32. The normalized spacial score (nSPS) is 10.4. The molecule has 0 saturated heterocycles. The van der Waals surface area contributed by atoms with E-state index >= 15 is 0 Å². The molecule has 6 nitrogen and oxygen atoms in total. The molecule has 0 saturated carbocycles. The van der Waals surface area contributed by atoms with E-state index in [0.29, 0.717) is 16.6 Å². The van der Waals surface area contributed by atoms with E-state index in [4.69, 9.17) is 4.74 Å². The van der Waals surface area contributed by atoms with Gasteiger partial charge in [0, 0.05) is 0 Å². The van der Waals surface area contributed by atoms with Gasteiger partial charge in [0.15, 0.2) is 10.9 Å². The fourth-order valence-corrected chi connectivity index (χ4v) is 2.56. The number of carbonyl (C=O) groups excluding carboxylic acids is 1. The van der Waals surface area contributed by atoms with Gasteiger partial charge in [-0.1, -0.05) is 41.6 Å². The standard InChI is InChI=1S/C17H16N4O2S/c1-12-6-8-13(9-7-12)23-15-5-3-2-4-14(15)20-16(22)10-24-17-18-11-19-21-17/h2-9,11H,10H2,1H3,(H,20,22)(H,18,19,21). The van der Waals surface area contributed by atoms with E-state index in [0.717, 1.165) is 11.3 Å². The van der Waals surface area contributed by atoms with Gasteiger partial charge in [-0.15, -0.1) is 0 Å². The van der Waals surface area contributed by atoms with Crippen molar-refractivity contribution in [1.82, 2.24) is 15.2 Å². The highest BCUT2D eigenvalue weighted by Gasteiger charge is 2.09. The third kappa shape index (κ3) is 4.36. The summed E-state index contributed by atoms with van der Waals surface area (Å²) in [4.78, 5) is 16.1. The van der Waals surface area contributed by atoms with Gasteiger partial charge in [-0.3, -0.25) is 9.89 Å². The van der Waals surface area contributed by atoms with Crippen LogP contribution >= 0.6 is 11.8 Å². The zero-order chi connectivity index (χ0) is 16.8. The largest absolute Gasteiger partial charge is 0.455 e. The van der Waals surface area contributed by atoms with E-state index in [1.54, 1.807) is 6.07 Å². The molecule has 0 aliphatic carbocycles. The Bertz CT molecular complexity index is 804. The van der Waals surface area contributed by atoms with E-state index in [2.05, 4.69) is 20.5 Å². The predicted molar refractivity (Wildman–Crippen MR) is 93.4 cm³/mol. The molecule has 0 radical (unpaired) electrons. The average molecular weight is 340 g/mol. The van der Waals surface area contributed by atoms with Crippen molar-refractivity contribution in [2.45, 2.75) is 12.1 Å². The third-order valence-corrected chi connectivity index (χ3v) is 4.02. The minimum atomic E-state index is -0.142. The lowest BCUT2D eigenvalue weighted by molar-refractivity contribution is -0.113. The molecular weight excluding hydrogens is 324 g/mol. The predicted octanol–water partition coefficient (Wildman–Crippen LogP) is 3.64. The highest BCUT2D eigenvalue weighted by Crippen LogP contribution is 2.29. The molecule has 2 aromatic carbocycles. The Balaban J connectivity index is 1.65. The molecule has 3 aromatic rings. The van der Waals surface area contributed by atoms with Crippen LogP contribution in [-0.4, -0.2) is 26.8 Å². The molecule has 0 atom stereocenters. The number of rotatable bonds is 6. The van der Waals surface area contributed by atoms with E-state index in [-0.39, 0.29) is 11.7 Å². The van der Waals surface area contributed by atoms with Gasteiger partial charge in [0.25, 0.3) is 0 Å². The number of nitrogens with zero attached hydrogens (tertiary/aromatic N) is 2. The van der Waals surface area contributed by atoms with Crippen molar-refractivity contribution in [3.63, 3.8) is 0 Å². The van der Waals surface area contributed by atoms with E-state index in [9.17, 15) is 4.79 Å². The number of para-hydroxylation sites is 2. The number of aromatic nitrogens is 3. The number of aromatic amines is 1. The topological polar surface area (TPSA) is 79.9 Å². The molecule has 122 valence electrons. The highest BCUT2D eigenvalue weighted by molar-refractivity contribution is 7.99. The van der Waals surface area contributed by atoms with Crippen molar-refractivity contribution in [3.05, 3.63) is 60.4 Å². The highest BCUT2D eigenvalue weighted by atomic mass is 32.2. The molecule has 2 N–H and O–H groups in total. The molecule has 0 aliphatic heterocycles. The van der Waals surface area contributed by atoms with Crippen LogP contribution in [0.25, 0.3) is 0 Å². The van der Waals surface area contributed by atoms with Crippen LogP contribution in [0.4, 0.5) is 5.69 Å². The van der Waals surface area contributed by atoms with Crippen molar-refractivity contribution in [2.24, 2.45) is 0 Å². The molecule has 0 aliphatic rings. The van der Waals surface area contributed by atoms with Crippen LogP contribution in [0, 0.1) is 6.92 Å². The van der Waals surface area contributed by atoms with Crippen molar-refractivity contribution >= 4 is 23.4 Å². The summed E-state index contributed by atoms with van der Waals surface area (Å²) >= 11 is 1.28. The Labute approximate surface area is 143 Å². The smallest absolute Gasteiger partial charge is 0.234 e. The molecule has 0 unspecified atom stereocenters. The summed E-state index contributed by atoms with van der Waals surface area (Å²) in [6.07, 6.45) is 1.41. The lowest BCUT2D eigenvalue weighted by atomic mass is 10.2. The van der Waals surface area contributed by atoms with E-state index in [1.165, 1.54) is 18.1 Å².